The second-order valence-electron chi connectivity index (χ2n) is 6.21. The number of primary amides is 1. The van der Waals surface area contributed by atoms with E-state index in [-0.39, 0.29) is 11.7 Å². The number of nitrogens with zero attached hydrogens (tertiary/aromatic N) is 2. The van der Waals surface area contributed by atoms with E-state index in [9.17, 15) is 14.9 Å². The maximum atomic E-state index is 11.6. The zero-order valence-electron chi connectivity index (χ0n) is 13.9. The highest BCUT2D eigenvalue weighted by Crippen LogP contribution is 2.27. The maximum absolute atomic E-state index is 11.6. The number of anilines is 2. The van der Waals surface area contributed by atoms with E-state index in [2.05, 4.69) is 10.2 Å². The zero-order valence-corrected chi connectivity index (χ0v) is 13.9. The Balaban J connectivity index is 1.72. The second kappa shape index (κ2) is 6.80. The first-order valence-electron chi connectivity index (χ1n) is 8.11. The smallest absolute Gasteiger partial charge is 0.269 e. The number of aryl methyl sites for hydroxylation is 1. The highest BCUT2D eigenvalue weighted by molar-refractivity contribution is 5.98. The number of nitrogens with one attached hydrogen (secondary N) is 1. The van der Waals surface area contributed by atoms with Crippen LogP contribution in [0.5, 0.6) is 0 Å². The lowest BCUT2D eigenvalue weighted by molar-refractivity contribution is -0.384. The summed E-state index contributed by atoms with van der Waals surface area (Å²) in [6, 6.07) is 12.3. The summed E-state index contributed by atoms with van der Waals surface area (Å²) in [6.45, 7) is 3.40. The SMILES string of the molecule is Cc1cc([N+](=O)[O-])ccc1N[C@@H]1CCN(c2ccccc2C(N)=O)C1. The highest BCUT2D eigenvalue weighted by atomic mass is 16.6. The Morgan fingerprint density at radius 1 is 1.32 bits per heavy atom. The summed E-state index contributed by atoms with van der Waals surface area (Å²) < 4.78 is 0. The molecular formula is C18H20N4O3. The fourth-order valence-corrected chi connectivity index (χ4v) is 3.20. The average molecular weight is 340 g/mol. The Morgan fingerprint density at radius 3 is 2.76 bits per heavy atom. The molecule has 0 unspecified atom stereocenters. The predicted octanol–water partition coefficient (Wildman–Crippen LogP) is 2.69. The summed E-state index contributed by atoms with van der Waals surface area (Å²) in [5.74, 6) is -0.432. The van der Waals surface area contributed by atoms with Crippen LogP contribution < -0.4 is 16.0 Å². The van der Waals surface area contributed by atoms with Crippen LogP contribution in [0.4, 0.5) is 17.1 Å². The van der Waals surface area contributed by atoms with Gasteiger partial charge >= 0.3 is 0 Å². The van der Waals surface area contributed by atoms with Crippen LogP contribution in [0, 0.1) is 17.0 Å². The minimum absolute atomic E-state index is 0.0893. The van der Waals surface area contributed by atoms with E-state index in [4.69, 9.17) is 5.73 Å². The van der Waals surface area contributed by atoms with Crippen molar-refractivity contribution < 1.29 is 9.72 Å². The molecule has 1 saturated heterocycles. The molecule has 0 radical (unpaired) electrons. The molecule has 0 aliphatic carbocycles. The number of nitrogens with two attached hydrogens (primary N) is 1. The molecule has 0 bridgehead atoms. The van der Waals surface area contributed by atoms with E-state index in [0.29, 0.717) is 5.56 Å². The molecule has 0 saturated carbocycles. The van der Waals surface area contributed by atoms with Crippen molar-refractivity contribution in [3.63, 3.8) is 0 Å². The van der Waals surface area contributed by atoms with Crippen molar-refractivity contribution in [2.45, 2.75) is 19.4 Å². The number of nitro groups is 1. The van der Waals surface area contributed by atoms with Crippen molar-refractivity contribution in [3.05, 3.63) is 63.7 Å². The van der Waals surface area contributed by atoms with Gasteiger partial charge in [-0.15, -0.1) is 0 Å². The molecule has 25 heavy (non-hydrogen) atoms. The topological polar surface area (TPSA) is 102 Å². The van der Waals surface area contributed by atoms with E-state index in [1.54, 1.807) is 24.3 Å². The van der Waals surface area contributed by atoms with Crippen molar-refractivity contribution in [2.24, 2.45) is 5.73 Å². The number of non-ortho nitro benzene ring substituents is 1. The third kappa shape index (κ3) is 3.55. The number of rotatable bonds is 5. The van der Waals surface area contributed by atoms with Gasteiger partial charge in [0.15, 0.2) is 0 Å². The summed E-state index contributed by atoms with van der Waals surface area (Å²) >= 11 is 0. The summed E-state index contributed by atoms with van der Waals surface area (Å²) in [5.41, 5.74) is 8.65. The fourth-order valence-electron chi connectivity index (χ4n) is 3.20. The monoisotopic (exact) mass is 340 g/mol. The number of carbonyl (C=O) groups is 1. The first kappa shape index (κ1) is 16.8. The third-order valence-corrected chi connectivity index (χ3v) is 4.48. The Morgan fingerprint density at radius 2 is 2.08 bits per heavy atom. The van der Waals surface area contributed by atoms with Gasteiger partial charge in [0.1, 0.15) is 0 Å². The van der Waals surface area contributed by atoms with Crippen LogP contribution in [0.25, 0.3) is 0 Å². The van der Waals surface area contributed by atoms with Crippen molar-refractivity contribution in [1.29, 1.82) is 0 Å². The molecule has 1 fully saturated rings. The molecule has 1 aliphatic heterocycles. The highest BCUT2D eigenvalue weighted by Gasteiger charge is 2.25. The van der Waals surface area contributed by atoms with Gasteiger partial charge in [-0.25, -0.2) is 0 Å². The number of benzene rings is 2. The Bertz CT molecular complexity index is 822. The lowest BCUT2D eigenvalue weighted by atomic mass is 10.1. The van der Waals surface area contributed by atoms with E-state index in [1.807, 2.05) is 19.1 Å². The van der Waals surface area contributed by atoms with Crippen LogP contribution >= 0.6 is 0 Å². The summed E-state index contributed by atoms with van der Waals surface area (Å²) in [7, 11) is 0. The van der Waals surface area contributed by atoms with Crippen LogP contribution in [0.15, 0.2) is 42.5 Å². The van der Waals surface area contributed by atoms with Crippen molar-refractivity contribution in [1.82, 2.24) is 0 Å². The molecule has 2 aromatic rings. The normalized spacial score (nSPS) is 16.7. The molecule has 7 heteroatoms. The number of para-hydroxylation sites is 1. The molecule has 1 aliphatic rings. The predicted molar refractivity (Wildman–Crippen MR) is 97.0 cm³/mol. The van der Waals surface area contributed by atoms with E-state index in [0.717, 1.165) is 36.4 Å². The molecular weight excluding hydrogens is 320 g/mol. The van der Waals surface area contributed by atoms with Crippen LogP contribution in [0.1, 0.15) is 22.3 Å². The molecule has 130 valence electrons. The largest absolute Gasteiger partial charge is 0.380 e. The van der Waals surface area contributed by atoms with Gasteiger partial charge in [0, 0.05) is 42.6 Å². The average Bonchev–Trinajstić information content (AvgIpc) is 3.05. The number of carbonyl (C=O) groups excluding carboxylic acids is 1. The minimum atomic E-state index is -0.432. The third-order valence-electron chi connectivity index (χ3n) is 4.48. The van der Waals surface area contributed by atoms with E-state index in [1.165, 1.54) is 6.07 Å². The van der Waals surface area contributed by atoms with Gasteiger partial charge in [-0.3, -0.25) is 14.9 Å². The number of hydrogen-bond acceptors (Lipinski definition) is 5. The standard InChI is InChI=1S/C18H20N4O3/c1-12-10-14(22(24)25)6-7-16(12)20-13-8-9-21(11-13)17-5-3-2-4-15(17)18(19)23/h2-7,10,13,20H,8-9,11H2,1H3,(H2,19,23)/t13-/m1/s1. The molecule has 1 heterocycles. The Kier molecular flexibility index (Phi) is 4.56. The summed E-state index contributed by atoms with van der Waals surface area (Å²) in [4.78, 5) is 24.2. The lowest BCUT2D eigenvalue weighted by Gasteiger charge is -2.22. The lowest BCUT2D eigenvalue weighted by Crippen LogP contribution is -2.28. The summed E-state index contributed by atoms with van der Waals surface area (Å²) in [5, 5.41) is 14.3. The van der Waals surface area contributed by atoms with Crippen LogP contribution in [0.2, 0.25) is 0 Å². The molecule has 1 amide bonds. The van der Waals surface area contributed by atoms with Gasteiger partial charge in [-0.2, -0.15) is 0 Å². The molecule has 3 N–H and O–H groups in total. The van der Waals surface area contributed by atoms with Gasteiger partial charge in [0.25, 0.3) is 11.6 Å². The van der Waals surface area contributed by atoms with Crippen molar-refractivity contribution in [2.75, 3.05) is 23.3 Å². The first-order chi connectivity index (χ1) is 12.0. The van der Waals surface area contributed by atoms with Gasteiger partial charge in [-0.05, 0) is 37.1 Å². The first-order valence-corrected chi connectivity index (χ1v) is 8.11. The second-order valence-corrected chi connectivity index (χ2v) is 6.21. The number of hydrogen-bond donors (Lipinski definition) is 2. The molecule has 1 atom stereocenters. The molecule has 0 aromatic heterocycles. The van der Waals surface area contributed by atoms with Gasteiger partial charge in [0.2, 0.25) is 0 Å². The molecule has 3 rings (SSSR count). The Labute approximate surface area is 145 Å². The van der Waals surface area contributed by atoms with Gasteiger partial charge in [0.05, 0.1) is 10.5 Å². The minimum Gasteiger partial charge on any atom is -0.380 e. The fraction of sp³-hybridized carbons (Fsp3) is 0.278. The molecule has 0 spiro atoms. The molecule has 2 aromatic carbocycles. The van der Waals surface area contributed by atoms with Gasteiger partial charge in [-0.1, -0.05) is 12.1 Å². The Hall–Kier alpha value is -3.09. The van der Waals surface area contributed by atoms with Crippen LogP contribution in [-0.2, 0) is 0 Å². The zero-order chi connectivity index (χ0) is 18.0. The maximum Gasteiger partial charge on any atom is 0.269 e. The van der Waals surface area contributed by atoms with Crippen LogP contribution in [-0.4, -0.2) is 30.0 Å². The van der Waals surface area contributed by atoms with Gasteiger partial charge < -0.3 is 16.0 Å². The van der Waals surface area contributed by atoms with Crippen molar-refractivity contribution >= 4 is 23.0 Å². The van der Waals surface area contributed by atoms with Crippen LogP contribution in [0.3, 0.4) is 0 Å². The number of nitro benzene ring substituents is 1. The van der Waals surface area contributed by atoms with E-state index >= 15 is 0 Å². The molecule has 7 nitrogen and oxygen atoms in total. The van der Waals surface area contributed by atoms with E-state index < -0.39 is 10.8 Å². The number of amides is 1. The summed E-state index contributed by atoms with van der Waals surface area (Å²) in [6.07, 6.45) is 0.906. The van der Waals surface area contributed by atoms with Crippen molar-refractivity contribution in [3.8, 4) is 0 Å². The quantitative estimate of drug-likeness (QED) is 0.643.